The average molecular weight is 409 g/mol. The molecule has 0 amide bonds. The minimum absolute atomic E-state index is 0.104. The van der Waals surface area contributed by atoms with E-state index < -0.39 is 15.8 Å². The maximum Gasteiger partial charge on any atom is 0.262 e. The van der Waals surface area contributed by atoms with E-state index in [1.165, 1.54) is 12.1 Å². The zero-order valence-electron chi connectivity index (χ0n) is 15.8. The van der Waals surface area contributed by atoms with Crippen LogP contribution in [-0.4, -0.2) is 18.4 Å². The lowest BCUT2D eigenvalue weighted by molar-refractivity contribution is 0.593. The molecule has 2 N–H and O–H groups in total. The van der Waals surface area contributed by atoms with E-state index in [1.54, 1.807) is 19.1 Å². The summed E-state index contributed by atoms with van der Waals surface area (Å²) in [5.41, 5.74) is 3.58. The fourth-order valence-corrected chi connectivity index (χ4v) is 4.27. The highest BCUT2D eigenvalue weighted by Crippen LogP contribution is 2.23. The number of rotatable bonds is 6. The van der Waals surface area contributed by atoms with E-state index in [1.807, 2.05) is 36.4 Å². The maximum atomic E-state index is 13.8. The smallest absolute Gasteiger partial charge is 0.262 e. The van der Waals surface area contributed by atoms with Crippen molar-refractivity contribution in [1.82, 2.24) is 9.97 Å². The Kier molecular flexibility index (Phi) is 5.07. The second-order valence-corrected chi connectivity index (χ2v) is 8.56. The van der Waals surface area contributed by atoms with Crippen molar-refractivity contribution in [3.63, 3.8) is 0 Å². The van der Waals surface area contributed by atoms with E-state index in [0.29, 0.717) is 24.1 Å². The molecule has 0 aliphatic heterocycles. The minimum atomic E-state index is -3.89. The summed E-state index contributed by atoms with van der Waals surface area (Å²) in [7, 11) is -3.89. The van der Waals surface area contributed by atoms with Crippen LogP contribution < -0.4 is 4.72 Å². The SMILES string of the molecule is Cc1ccc(S(=O)(=O)Nc2ccccc2CCc2nc3ccccc3[nH]2)cc1F. The summed E-state index contributed by atoms with van der Waals surface area (Å²) < 4.78 is 41.8. The minimum Gasteiger partial charge on any atom is -0.342 e. The number of aromatic nitrogens is 2. The van der Waals surface area contributed by atoms with Gasteiger partial charge in [0.2, 0.25) is 0 Å². The van der Waals surface area contributed by atoms with Gasteiger partial charge in [-0.15, -0.1) is 0 Å². The molecule has 0 radical (unpaired) electrons. The quantitative estimate of drug-likeness (QED) is 0.489. The lowest BCUT2D eigenvalue weighted by Gasteiger charge is -2.13. The van der Waals surface area contributed by atoms with Gasteiger partial charge in [0, 0.05) is 6.42 Å². The van der Waals surface area contributed by atoms with Crippen LogP contribution in [0.2, 0.25) is 0 Å². The van der Waals surface area contributed by atoms with Gasteiger partial charge in [-0.05, 0) is 54.8 Å². The zero-order chi connectivity index (χ0) is 20.4. The zero-order valence-corrected chi connectivity index (χ0v) is 16.6. The predicted molar refractivity (Wildman–Crippen MR) is 112 cm³/mol. The third-order valence-corrected chi connectivity index (χ3v) is 6.15. The Bertz CT molecular complexity index is 1250. The number of sulfonamides is 1. The van der Waals surface area contributed by atoms with Crippen LogP contribution in [0.15, 0.2) is 71.6 Å². The Morgan fingerprint density at radius 1 is 1.00 bits per heavy atom. The van der Waals surface area contributed by atoms with Crippen molar-refractivity contribution in [3.05, 3.63) is 89.5 Å². The van der Waals surface area contributed by atoms with Gasteiger partial charge >= 0.3 is 0 Å². The van der Waals surface area contributed by atoms with Crippen LogP contribution in [0.1, 0.15) is 17.0 Å². The Morgan fingerprint density at radius 3 is 2.55 bits per heavy atom. The van der Waals surface area contributed by atoms with Crippen LogP contribution in [0, 0.1) is 12.7 Å². The van der Waals surface area contributed by atoms with Crippen molar-refractivity contribution in [2.75, 3.05) is 4.72 Å². The molecule has 0 spiro atoms. The Morgan fingerprint density at radius 2 is 1.76 bits per heavy atom. The Labute approximate surface area is 168 Å². The van der Waals surface area contributed by atoms with Gasteiger partial charge in [-0.25, -0.2) is 17.8 Å². The van der Waals surface area contributed by atoms with Crippen LogP contribution in [-0.2, 0) is 22.9 Å². The second kappa shape index (κ2) is 7.67. The monoisotopic (exact) mass is 409 g/mol. The molecule has 7 heteroatoms. The first kappa shape index (κ1) is 19.1. The molecule has 0 saturated heterocycles. The van der Waals surface area contributed by atoms with E-state index in [4.69, 9.17) is 0 Å². The van der Waals surface area contributed by atoms with Gasteiger partial charge in [-0.3, -0.25) is 4.72 Å². The largest absolute Gasteiger partial charge is 0.342 e. The summed E-state index contributed by atoms with van der Waals surface area (Å²) in [6.45, 7) is 1.59. The standard InChI is InChI=1S/C22H20FN3O2S/c1-15-10-12-17(14-18(15)23)29(27,28)26-19-7-3-2-6-16(19)11-13-22-24-20-8-4-5-9-21(20)25-22/h2-10,12,14,26H,11,13H2,1H3,(H,24,25). The third-order valence-electron chi connectivity index (χ3n) is 4.78. The fourth-order valence-electron chi connectivity index (χ4n) is 3.16. The second-order valence-electron chi connectivity index (χ2n) is 6.87. The molecular weight excluding hydrogens is 389 g/mol. The highest BCUT2D eigenvalue weighted by Gasteiger charge is 2.17. The van der Waals surface area contributed by atoms with Crippen LogP contribution in [0.5, 0.6) is 0 Å². The highest BCUT2D eigenvalue weighted by molar-refractivity contribution is 7.92. The summed E-state index contributed by atoms with van der Waals surface area (Å²) in [6, 6.07) is 18.9. The highest BCUT2D eigenvalue weighted by atomic mass is 32.2. The van der Waals surface area contributed by atoms with Crippen LogP contribution in [0.25, 0.3) is 11.0 Å². The molecule has 0 bridgehead atoms. The molecule has 5 nitrogen and oxygen atoms in total. The number of nitrogens with one attached hydrogen (secondary N) is 2. The summed E-state index contributed by atoms with van der Waals surface area (Å²) in [5.74, 6) is 0.288. The van der Waals surface area contributed by atoms with Crippen LogP contribution >= 0.6 is 0 Å². The van der Waals surface area contributed by atoms with Gasteiger partial charge in [-0.2, -0.15) is 0 Å². The molecule has 1 heterocycles. The summed E-state index contributed by atoms with van der Waals surface area (Å²) in [5, 5.41) is 0. The van der Waals surface area contributed by atoms with Crippen molar-refractivity contribution in [1.29, 1.82) is 0 Å². The van der Waals surface area contributed by atoms with Gasteiger partial charge in [0.25, 0.3) is 10.0 Å². The predicted octanol–water partition coefficient (Wildman–Crippen LogP) is 4.60. The molecule has 0 saturated carbocycles. The van der Waals surface area contributed by atoms with Crippen molar-refractivity contribution >= 4 is 26.7 Å². The van der Waals surface area contributed by atoms with Crippen molar-refractivity contribution in [3.8, 4) is 0 Å². The van der Waals surface area contributed by atoms with E-state index in [9.17, 15) is 12.8 Å². The summed E-state index contributed by atoms with van der Waals surface area (Å²) >= 11 is 0. The molecule has 4 aromatic rings. The first-order valence-corrected chi connectivity index (χ1v) is 10.7. The van der Waals surface area contributed by atoms with Gasteiger partial charge in [0.15, 0.2) is 0 Å². The average Bonchev–Trinajstić information content (AvgIpc) is 3.12. The molecule has 0 aliphatic carbocycles. The number of hydrogen-bond acceptors (Lipinski definition) is 3. The fraction of sp³-hybridized carbons (Fsp3) is 0.136. The van der Waals surface area contributed by atoms with E-state index in [-0.39, 0.29) is 4.90 Å². The number of aryl methyl sites for hydroxylation is 3. The molecule has 1 aromatic heterocycles. The Balaban J connectivity index is 1.55. The lowest BCUT2D eigenvalue weighted by atomic mass is 10.1. The number of benzene rings is 3. The van der Waals surface area contributed by atoms with Crippen molar-refractivity contribution in [2.45, 2.75) is 24.7 Å². The summed E-state index contributed by atoms with van der Waals surface area (Å²) in [4.78, 5) is 7.74. The number of nitrogens with zero attached hydrogens (tertiary/aromatic N) is 1. The molecule has 0 aliphatic rings. The number of halogens is 1. The van der Waals surface area contributed by atoms with E-state index >= 15 is 0 Å². The van der Waals surface area contributed by atoms with Crippen LogP contribution in [0.4, 0.5) is 10.1 Å². The summed E-state index contributed by atoms with van der Waals surface area (Å²) in [6.07, 6.45) is 1.23. The number of aromatic amines is 1. The van der Waals surface area contributed by atoms with Gasteiger partial charge in [0.05, 0.1) is 21.6 Å². The Hall–Kier alpha value is -3.19. The number of H-pyrrole nitrogens is 1. The molecule has 0 fully saturated rings. The van der Waals surface area contributed by atoms with E-state index in [2.05, 4.69) is 14.7 Å². The lowest BCUT2D eigenvalue weighted by Crippen LogP contribution is -2.15. The molecule has 3 aromatic carbocycles. The van der Waals surface area contributed by atoms with E-state index in [0.717, 1.165) is 28.5 Å². The molecule has 4 rings (SSSR count). The third kappa shape index (κ3) is 4.14. The molecule has 0 atom stereocenters. The topological polar surface area (TPSA) is 74.8 Å². The number of anilines is 1. The first-order chi connectivity index (χ1) is 13.9. The number of para-hydroxylation sites is 3. The molecule has 0 unspecified atom stereocenters. The van der Waals surface area contributed by atoms with Gasteiger partial charge in [0.1, 0.15) is 11.6 Å². The molecule has 29 heavy (non-hydrogen) atoms. The van der Waals surface area contributed by atoms with Crippen molar-refractivity contribution < 1.29 is 12.8 Å². The number of hydrogen-bond donors (Lipinski definition) is 2. The van der Waals surface area contributed by atoms with Gasteiger partial charge < -0.3 is 4.98 Å². The van der Waals surface area contributed by atoms with Crippen molar-refractivity contribution in [2.24, 2.45) is 0 Å². The van der Waals surface area contributed by atoms with Gasteiger partial charge in [-0.1, -0.05) is 36.4 Å². The molecule has 148 valence electrons. The normalized spacial score (nSPS) is 11.7. The number of fused-ring (bicyclic) bond motifs is 1. The first-order valence-electron chi connectivity index (χ1n) is 9.23. The molecular formula is C22H20FN3O2S. The maximum absolute atomic E-state index is 13.8. The van der Waals surface area contributed by atoms with Crippen LogP contribution in [0.3, 0.4) is 0 Å². The number of imidazole rings is 1.